The van der Waals surface area contributed by atoms with E-state index in [0.29, 0.717) is 31.0 Å². The van der Waals surface area contributed by atoms with Crippen molar-refractivity contribution in [2.45, 2.75) is 38.8 Å². The van der Waals surface area contributed by atoms with Crippen LogP contribution >= 0.6 is 11.6 Å². The molecule has 1 aromatic heterocycles. The molecule has 1 aliphatic rings. The van der Waals surface area contributed by atoms with Crippen molar-refractivity contribution in [3.05, 3.63) is 52.3 Å². The Hall–Kier alpha value is -2.34. The van der Waals surface area contributed by atoms with Gasteiger partial charge >= 0.3 is 5.97 Å². The van der Waals surface area contributed by atoms with E-state index in [2.05, 4.69) is 5.10 Å². The fraction of sp³-hybridized carbons (Fsp3) is 0.389. The highest BCUT2D eigenvalue weighted by molar-refractivity contribution is 6.30. The number of carbonyl (C=O) groups excluding carboxylic acids is 1. The first kappa shape index (κ1) is 17.5. The highest BCUT2D eigenvalue weighted by atomic mass is 35.5. The maximum atomic E-state index is 12.6. The average molecular weight is 362 g/mol. The van der Waals surface area contributed by atoms with Crippen molar-refractivity contribution in [1.29, 1.82) is 0 Å². The molecular formula is C18H20ClN3O3. The van der Waals surface area contributed by atoms with E-state index in [1.54, 1.807) is 12.1 Å². The molecule has 0 bridgehead atoms. The van der Waals surface area contributed by atoms with Crippen LogP contribution < -0.4 is 0 Å². The van der Waals surface area contributed by atoms with Gasteiger partial charge < -0.3 is 10.0 Å². The predicted octanol–water partition coefficient (Wildman–Crippen LogP) is 2.53. The van der Waals surface area contributed by atoms with E-state index in [4.69, 9.17) is 16.7 Å². The van der Waals surface area contributed by atoms with Crippen molar-refractivity contribution in [2.24, 2.45) is 0 Å². The standard InChI is InChI=1S/C18H20ClN3O3/c19-14-4-2-13(3-5-14)10-17(23)21-8-1-9-22-16(12-21)11-15(20-22)6-7-18(24)25/h2-5,11H,1,6-10,12H2,(H,24,25). The number of hydrogen-bond acceptors (Lipinski definition) is 3. The molecule has 1 aliphatic heterocycles. The molecule has 1 aromatic carbocycles. The molecule has 0 spiro atoms. The van der Waals surface area contributed by atoms with Crippen molar-refractivity contribution in [3.8, 4) is 0 Å². The summed E-state index contributed by atoms with van der Waals surface area (Å²) in [5.74, 6) is -0.757. The average Bonchev–Trinajstić information content (AvgIpc) is 2.85. The molecule has 2 heterocycles. The topological polar surface area (TPSA) is 75.4 Å². The predicted molar refractivity (Wildman–Crippen MR) is 93.4 cm³/mol. The highest BCUT2D eigenvalue weighted by Gasteiger charge is 2.21. The number of carboxylic acids is 1. The first-order valence-electron chi connectivity index (χ1n) is 8.31. The van der Waals surface area contributed by atoms with Gasteiger partial charge in [-0.15, -0.1) is 0 Å². The zero-order valence-corrected chi connectivity index (χ0v) is 14.6. The fourth-order valence-corrected chi connectivity index (χ4v) is 3.11. The van der Waals surface area contributed by atoms with E-state index in [0.717, 1.165) is 29.9 Å². The number of carbonyl (C=O) groups is 2. The minimum Gasteiger partial charge on any atom is -0.481 e. The lowest BCUT2D eigenvalue weighted by molar-refractivity contribution is -0.137. The van der Waals surface area contributed by atoms with Gasteiger partial charge in [-0.05, 0) is 30.2 Å². The van der Waals surface area contributed by atoms with E-state index in [1.807, 2.05) is 27.8 Å². The number of aryl methyl sites for hydroxylation is 2. The van der Waals surface area contributed by atoms with Crippen molar-refractivity contribution in [1.82, 2.24) is 14.7 Å². The molecule has 0 aliphatic carbocycles. The molecule has 0 atom stereocenters. The molecule has 6 nitrogen and oxygen atoms in total. The number of hydrogen-bond donors (Lipinski definition) is 1. The van der Waals surface area contributed by atoms with Gasteiger partial charge in [0.2, 0.25) is 5.91 Å². The molecule has 1 amide bonds. The van der Waals surface area contributed by atoms with Crippen LogP contribution in [-0.4, -0.2) is 38.2 Å². The van der Waals surface area contributed by atoms with E-state index >= 15 is 0 Å². The molecule has 2 aromatic rings. The Morgan fingerprint density at radius 1 is 1.20 bits per heavy atom. The number of fused-ring (bicyclic) bond motifs is 1. The zero-order valence-electron chi connectivity index (χ0n) is 13.8. The Morgan fingerprint density at radius 3 is 2.68 bits per heavy atom. The van der Waals surface area contributed by atoms with E-state index in [9.17, 15) is 9.59 Å². The monoisotopic (exact) mass is 361 g/mol. The fourth-order valence-electron chi connectivity index (χ4n) is 2.98. The lowest BCUT2D eigenvalue weighted by atomic mass is 10.1. The summed E-state index contributed by atoms with van der Waals surface area (Å²) in [6, 6.07) is 9.22. The normalized spacial score (nSPS) is 14.0. The van der Waals surface area contributed by atoms with Crippen LogP contribution in [0.2, 0.25) is 5.02 Å². The number of aliphatic carboxylic acids is 1. The number of halogens is 1. The maximum Gasteiger partial charge on any atom is 0.303 e. The maximum absolute atomic E-state index is 12.6. The molecule has 132 valence electrons. The number of benzene rings is 1. The van der Waals surface area contributed by atoms with Crippen LogP contribution in [0.1, 0.15) is 29.8 Å². The number of nitrogens with zero attached hydrogens (tertiary/aromatic N) is 3. The van der Waals surface area contributed by atoms with Crippen molar-refractivity contribution < 1.29 is 14.7 Å². The molecule has 3 rings (SSSR count). The SMILES string of the molecule is O=C(O)CCc1cc2n(n1)CCCN(C(=O)Cc1ccc(Cl)cc1)C2. The number of rotatable bonds is 5. The second-order valence-corrected chi connectivity index (χ2v) is 6.65. The Balaban J connectivity index is 1.66. The first-order valence-corrected chi connectivity index (χ1v) is 8.68. The van der Waals surface area contributed by atoms with Crippen LogP contribution in [0.4, 0.5) is 0 Å². The number of amides is 1. The summed E-state index contributed by atoms with van der Waals surface area (Å²) in [5, 5.41) is 13.9. The molecule has 0 saturated carbocycles. The van der Waals surface area contributed by atoms with Crippen molar-refractivity contribution in [3.63, 3.8) is 0 Å². The van der Waals surface area contributed by atoms with Crippen molar-refractivity contribution >= 4 is 23.5 Å². The third-order valence-corrected chi connectivity index (χ3v) is 4.53. The molecule has 0 saturated heterocycles. The second kappa shape index (κ2) is 7.70. The van der Waals surface area contributed by atoms with E-state index in [1.165, 1.54) is 0 Å². The van der Waals surface area contributed by atoms with Crippen LogP contribution in [0.3, 0.4) is 0 Å². The Kier molecular flexibility index (Phi) is 5.38. The van der Waals surface area contributed by atoms with Gasteiger partial charge in [-0.1, -0.05) is 23.7 Å². The first-order chi connectivity index (χ1) is 12.0. The largest absolute Gasteiger partial charge is 0.481 e. The summed E-state index contributed by atoms with van der Waals surface area (Å²) in [6.45, 7) is 1.94. The third kappa shape index (κ3) is 4.60. The number of carboxylic acid groups (broad SMARTS) is 1. The summed E-state index contributed by atoms with van der Waals surface area (Å²) in [5.41, 5.74) is 2.67. The lowest BCUT2D eigenvalue weighted by Gasteiger charge is -2.20. The molecule has 7 heteroatoms. The lowest BCUT2D eigenvalue weighted by Crippen LogP contribution is -2.32. The van der Waals surface area contributed by atoms with Gasteiger partial charge in [0.25, 0.3) is 0 Å². The summed E-state index contributed by atoms with van der Waals surface area (Å²) in [4.78, 5) is 25.2. The minimum atomic E-state index is -0.831. The van der Waals surface area contributed by atoms with Gasteiger partial charge in [0.05, 0.1) is 30.8 Å². The molecule has 25 heavy (non-hydrogen) atoms. The van der Waals surface area contributed by atoms with Crippen LogP contribution in [0, 0.1) is 0 Å². The second-order valence-electron chi connectivity index (χ2n) is 6.22. The molecular weight excluding hydrogens is 342 g/mol. The van der Waals surface area contributed by atoms with Crippen LogP contribution in [0.5, 0.6) is 0 Å². The molecule has 0 unspecified atom stereocenters. The van der Waals surface area contributed by atoms with Gasteiger partial charge in [-0.3, -0.25) is 14.3 Å². The highest BCUT2D eigenvalue weighted by Crippen LogP contribution is 2.17. The smallest absolute Gasteiger partial charge is 0.303 e. The Bertz CT molecular complexity index is 770. The minimum absolute atomic E-state index is 0.0651. The van der Waals surface area contributed by atoms with Crippen LogP contribution in [-0.2, 0) is 35.5 Å². The zero-order chi connectivity index (χ0) is 17.8. The van der Waals surface area contributed by atoms with Gasteiger partial charge in [-0.25, -0.2) is 0 Å². The van der Waals surface area contributed by atoms with E-state index in [-0.39, 0.29) is 12.3 Å². The van der Waals surface area contributed by atoms with Crippen LogP contribution in [0.15, 0.2) is 30.3 Å². The third-order valence-electron chi connectivity index (χ3n) is 4.28. The summed E-state index contributed by atoms with van der Waals surface area (Å²) in [7, 11) is 0. The van der Waals surface area contributed by atoms with Gasteiger partial charge in [-0.2, -0.15) is 5.10 Å². The molecule has 0 radical (unpaired) electrons. The summed E-state index contributed by atoms with van der Waals surface area (Å²) >= 11 is 5.88. The molecule has 1 N–H and O–H groups in total. The quantitative estimate of drug-likeness (QED) is 0.887. The molecule has 0 fully saturated rings. The van der Waals surface area contributed by atoms with Crippen LogP contribution in [0.25, 0.3) is 0 Å². The van der Waals surface area contributed by atoms with Crippen molar-refractivity contribution in [2.75, 3.05) is 6.54 Å². The Labute approximate surface area is 151 Å². The number of aromatic nitrogens is 2. The summed E-state index contributed by atoms with van der Waals surface area (Å²) < 4.78 is 1.90. The Morgan fingerprint density at radius 2 is 1.96 bits per heavy atom. The van der Waals surface area contributed by atoms with Gasteiger partial charge in [0.15, 0.2) is 0 Å². The van der Waals surface area contributed by atoms with Gasteiger partial charge in [0.1, 0.15) is 0 Å². The van der Waals surface area contributed by atoms with E-state index < -0.39 is 5.97 Å². The van der Waals surface area contributed by atoms with Gasteiger partial charge in [0, 0.05) is 24.5 Å². The summed E-state index contributed by atoms with van der Waals surface area (Å²) in [6.07, 6.45) is 1.65.